The summed E-state index contributed by atoms with van der Waals surface area (Å²) >= 11 is 7.00. The van der Waals surface area contributed by atoms with Gasteiger partial charge < -0.3 is 4.98 Å². The first-order valence-electron chi connectivity index (χ1n) is 7.21. The van der Waals surface area contributed by atoms with Gasteiger partial charge in [-0.05, 0) is 45.0 Å². The average Bonchev–Trinajstić information content (AvgIpc) is 2.65. The second-order valence-corrected chi connectivity index (χ2v) is 7.05. The zero-order valence-corrected chi connectivity index (χ0v) is 14.2. The fourth-order valence-electron chi connectivity index (χ4n) is 2.56. The Hall–Kier alpha value is -0.940. The summed E-state index contributed by atoms with van der Waals surface area (Å²) in [6.07, 6.45) is 4.53. The third-order valence-electron chi connectivity index (χ3n) is 3.92. The van der Waals surface area contributed by atoms with E-state index in [1.165, 1.54) is 17.7 Å². The molecule has 2 aromatic heterocycles. The predicted octanol–water partition coefficient (Wildman–Crippen LogP) is 4.88. The van der Waals surface area contributed by atoms with Crippen LogP contribution >= 0.6 is 23.6 Å². The van der Waals surface area contributed by atoms with Crippen molar-refractivity contribution in [3.05, 3.63) is 25.6 Å². The molecule has 3 nitrogen and oxygen atoms in total. The second-order valence-electron chi connectivity index (χ2n) is 5.44. The first kappa shape index (κ1) is 15.4. The van der Waals surface area contributed by atoms with Crippen molar-refractivity contribution < 1.29 is 0 Å². The van der Waals surface area contributed by atoms with Crippen molar-refractivity contribution in [3.63, 3.8) is 0 Å². The lowest BCUT2D eigenvalue weighted by atomic mass is 10.1. The summed E-state index contributed by atoms with van der Waals surface area (Å²) in [5.41, 5.74) is 1.14. The van der Waals surface area contributed by atoms with E-state index in [0.29, 0.717) is 4.77 Å². The Balaban J connectivity index is 2.51. The van der Waals surface area contributed by atoms with Gasteiger partial charge in [0.1, 0.15) is 4.83 Å². The quantitative estimate of drug-likeness (QED) is 0.631. The Morgan fingerprint density at radius 2 is 2.05 bits per heavy atom. The zero-order chi connectivity index (χ0) is 14.9. The molecule has 1 atom stereocenters. The Morgan fingerprint density at radius 3 is 2.70 bits per heavy atom. The highest BCUT2D eigenvalue weighted by Gasteiger charge is 2.15. The normalized spacial score (nSPS) is 13.0. The van der Waals surface area contributed by atoms with E-state index in [4.69, 9.17) is 12.2 Å². The van der Waals surface area contributed by atoms with Crippen molar-refractivity contribution in [2.45, 2.75) is 59.4 Å². The molecule has 0 aliphatic carbocycles. The molecular formula is C15H22N2OS2. The summed E-state index contributed by atoms with van der Waals surface area (Å²) in [5.74, 6) is 0. The molecule has 110 valence electrons. The number of rotatable bonds is 5. The number of hydrogen-bond donors (Lipinski definition) is 1. The first-order chi connectivity index (χ1) is 9.47. The van der Waals surface area contributed by atoms with Gasteiger partial charge in [-0.25, -0.2) is 0 Å². The number of nitrogens with one attached hydrogen (secondary N) is 1. The van der Waals surface area contributed by atoms with Crippen LogP contribution in [0.2, 0.25) is 0 Å². The van der Waals surface area contributed by atoms with Gasteiger partial charge in [-0.1, -0.05) is 26.2 Å². The summed E-state index contributed by atoms with van der Waals surface area (Å²) < 4.78 is 2.31. The van der Waals surface area contributed by atoms with Crippen LogP contribution in [0.15, 0.2) is 4.79 Å². The molecule has 20 heavy (non-hydrogen) atoms. The number of fused-ring (bicyclic) bond motifs is 1. The topological polar surface area (TPSA) is 37.8 Å². The molecule has 0 aromatic carbocycles. The molecule has 0 aliphatic rings. The largest absolute Gasteiger partial charge is 0.323 e. The minimum absolute atomic E-state index is 0.0644. The van der Waals surface area contributed by atoms with Gasteiger partial charge in [-0.2, -0.15) is 0 Å². The summed E-state index contributed by atoms with van der Waals surface area (Å²) in [6.45, 7) is 8.33. The second kappa shape index (κ2) is 6.22. The molecule has 0 bridgehead atoms. The molecule has 0 fully saturated rings. The van der Waals surface area contributed by atoms with Gasteiger partial charge in [0, 0.05) is 10.9 Å². The number of thiophene rings is 1. The van der Waals surface area contributed by atoms with Gasteiger partial charge >= 0.3 is 0 Å². The smallest absolute Gasteiger partial charge is 0.263 e. The van der Waals surface area contributed by atoms with Crippen molar-refractivity contribution >= 4 is 33.8 Å². The van der Waals surface area contributed by atoms with Gasteiger partial charge in [0.2, 0.25) is 0 Å². The number of aromatic nitrogens is 2. The number of aromatic amines is 1. The van der Waals surface area contributed by atoms with E-state index in [1.54, 1.807) is 15.9 Å². The van der Waals surface area contributed by atoms with E-state index in [9.17, 15) is 4.79 Å². The number of nitrogens with zero attached hydrogens (tertiary/aromatic N) is 1. The van der Waals surface area contributed by atoms with E-state index in [2.05, 4.69) is 18.8 Å². The van der Waals surface area contributed by atoms with Gasteiger partial charge in [0.15, 0.2) is 4.77 Å². The summed E-state index contributed by atoms with van der Waals surface area (Å²) in [5, 5.41) is 0.809. The van der Waals surface area contributed by atoms with Crippen LogP contribution < -0.4 is 5.56 Å². The lowest BCUT2D eigenvalue weighted by molar-refractivity contribution is 0.458. The molecule has 0 saturated carbocycles. The van der Waals surface area contributed by atoms with Crippen LogP contribution in [0.3, 0.4) is 0 Å². The fraction of sp³-hybridized carbons (Fsp3) is 0.600. The fourth-order valence-corrected chi connectivity index (χ4v) is 4.04. The molecule has 1 N–H and O–H groups in total. The number of H-pyrrole nitrogens is 1. The highest BCUT2D eigenvalue weighted by molar-refractivity contribution is 7.71. The van der Waals surface area contributed by atoms with Crippen LogP contribution in [-0.2, 0) is 0 Å². The summed E-state index contributed by atoms with van der Waals surface area (Å²) in [6, 6.07) is 0.154. The molecule has 0 amide bonds. The van der Waals surface area contributed by atoms with Crippen LogP contribution in [0, 0.1) is 18.6 Å². The molecule has 1 unspecified atom stereocenters. The molecule has 0 radical (unpaired) electrons. The molecule has 0 aliphatic heterocycles. The van der Waals surface area contributed by atoms with Gasteiger partial charge in [-0.3, -0.25) is 9.36 Å². The Kier molecular flexibility index (Phi) is 4.81. The van der Waals surface area contributed by atoms with E-state index >= 15 is 0 Å². The minimum Gasteiger partial charge on any atom is -0.323 e. The maximum Gasteiger partial charge on any atom is 0.263 e. The Labute approximate surface area is 128 Å². The number of hydrogen-bond acceptors (Lipinski definition) is 3. The molecular weight excluding hydrogens is 288 g/mol. The maximum atomic E-state index is 12.7. The van der Waals surface area contributed by atoms with Crippen LogP contribution in [0.1, 0.15) is 56.0 Å². The highest BCUT2D eigenvalue weighted by atomic mass is 32.1. The van der Waals surface area contributed by atoms with Gasteiger partial charge in [-0.15, -0.1) is 11.3 Å². The molecule has 2 aromatic rings. The standard InChI is InChI=1S/C15H22N2OS2/c1-5-6-7-8-9(2)17-14(18)12-10(3)11(4)20-13(12)16-15(17)19/h9H,5-8H2,1-4H3,(H,16,19). The van der Waals surface area contributed by atoms with Crippen molar-refractivity contribution in [2.75, 3.05) is 0 Å². The predicted molar refractivity (Wildman–Crippen MR) is 89.6 cm³/mol. The number of unbranched alkanes of at least 4 members (excludes halogenated alkanes) is 2. The Morgan fingerprint density at radius 1 is 1.35 bits per heavy atom. The van der Waals surface area contributed by atoms with Crippen LogP contribution in [0.4, 0.5) is 0 Å². The molecule has 2 rings (SSSR count). The van der Waals surface area contributed by atoms with Crippen molar-refractivity contribution in [1.82, 2.24) is 9.55 Å². The SMILES string of the molecule is CCCCCC(C)n1c(=S)[nH]c2sc(C)c(C)c2c1=O. The highest BCUT2D eigenvalue weighted by Crippen LogP contribution is 2.26. The third kappa shape index (κ3) is 2.74. The van der Waals surface area contributed by atoms with E-state index in [1.807, 2.05) is 13.8 Å². The van der Waals surface area contributed by atoms with Crippen LogP contribution in [0.5, 0.6) is 0 Å². The van der Waals surface area contributed by atoms with Gasteiger partial charge in [0.25, 0.3) is 5.56 Å². The summed E-state index contributed by atoms with van der Waals surface area (Å²) in [4.78, 5) is 18.1. The van der Waals surface area contributed by atoms with E-state index in [0.717, 1.165) is 28.6 Å². The van der Waals surface area contributed by atoms with Gasteiger partial charge in [0.05, 0.1) is 5.39 Å². The van der Waals surface area contributed by atoms with Crippen molar-refractivity contribution in [3.8, 4) is 0 Å². The third-order valence-corrected chi connectivity index (χ3v) is 5.34. The van der Waals surface area contributed by atoms with Crippen molar-refractivity contribution in [1.29, 1.82) is 0 Å². The number of aryl methyl sites for hydroxylation is 2. The average molecular weight is 310 g/mol. The van der Waals surface area contributed by atoms with Crippen LogP contribution in [0.25, 0.3) is 10.2 Å². The minimum atomic E-state index is 0.0644. The van der Waals surface area contributed by atoms with Crippen molar-refractivity contribution in [2.24, 2.45) is 0 Å². The summed E-state index contributed by atoms with van der Waals surface area (Å²) in [7, 11) is 0. The maximum absolute atomic E-state index is 12.7. The lowest BCUT2D eigenvalue weighted by Crippen LogP contribution is -2.25. The van der Waals surface area contributed by atoms with Crippen LogP contribution in [-0.4, -0.2) is 9.55 Å². The Bertz CT molecular complexity index is 724. The lowest BCUT2D eigenvalue weighted by Gasteiger charge is -2.15. The molecule has 0 spiro atoms. The van der Waals surface area contributed by atoms with E-state index < -0.39 is 0 Å². The zero-order valence-electron chi connectivity index (χ0n) is 12.6. The molecule has 0 saturated heterocycles. The van der Waals surface area contributed by atoms with E-state index in [-0.39, 0.29) is 11.6 Å². The molecule has 2 heterocycles. The molecule has 5 heteroatoms. The monoisotopic (exact) mass is 310 g/mol. The first-order valence-corrected chi connectivity index (χ1v) is 8.44.